The summed E-state index contributed by atoms with van der Waals surface area (Å²) < 4.78 is 0. The monoisotopic (exact) mass is 394 g/mol. The first-order valence-corrected chi connectivity index (χ1v) is 10.6. The van der Waals surface area contributed by atoms with Gasteiger partial charge in [0.1, 0.15) is 0 Å². The van der Waals surface area contributed by atoms with E-state index in [1.54, 1.807) is 0 Å². The van der Waals surface area contributed by atoms with Gasteiger partial charge >= 0.3 is 0 Å². The van der Waals surface area contributed by atoms with Gasteiger partial charge in [-0.2, -0.15) is 0 Å². The average molecular weight is 395 g/mol. The van der Waals surface area contributed by atoms with Gasteiger partial charge in [-0.15, -0.1) is 0 Å². The molecule has 2 heterocycles. The summed E-state index contributed by atoms with van der Waals surface area (Å²) >= 11 is 0. The van der Waals surface area contributed by atoms with E-state index in [1.807, 2.05) is 18.2 Å². The summed E-state index contributed by atoms with van der Waals surface area (Å²) in [5.74, 6) is 1.70. The first-order valence-electron chi connectivity index (χ1n) is 10.6. The smallest absolute Gasteiger partial charge is 0.193 e. The number of nitrogens with zero attached hydrogens (tertiary/aromatic N) is 3. The number of aryl methyl sites for hydroxylation is 2. The van der Waals surface area contributed by atoms with Crippen molar-refractivity contribution in [1.82, 2.24) is 0 Å². The van der Waals surface area contributed by atoms with Crippen LogP contribution in [0, 0.1) is 13.8 Å². The second-order valence-electron chi connectivity index (χ2n) is 8.16. The molecule has 4 nitrogen and oxygen atoms in total. The molecule has 0 amide bonds. The lowest BCUT2D eigenvalue weighted by Gasteiger charge is -2.35. The first-order chi connectivity index (χ1) is 14.6. The van der Waals surface area contributed by atoms with Crippen molar-refractivity contribution in [1.29, 1.82) is 0 Å². The molecule has 0 saturated carbocycles. The highest BCUT2D eigenvalue weighted by Gasteiger charge is 2.49. The van der Waals surface area contributed by atoms with Crippen LogP contribution >= 0.6 is 0 Å². The maximum atomic E-state index is 5.24. The number of anilines is 2. The number of aliphatic imine (C=N–C) groups is 2. The van der Waals surface area contributed by atoms with Crippen LogP contribution < -0.4 is 10.2 Å². The molecule has 150 valence electrons. The lowest BCUT2D eigenvalue weighted by Crippen LogP contribution is -2.50. The molecule has 2 aliphatic rings. The van der Waals surface area contributed by atoms with Gasteiger partial charge in [0.2, 0.25) is 0 Å². The molecule has 0 aliphatic carbocycles. The number of amidine groups is 2. The zero-order chi connectivity index (χ0) is 20.6. The van der Waals surface area contributed by atoms with Crippen molar-refractivity contribution in [3.8, 4) is 0 Å². The Balaban J connectivity index is 1.58. The summed E-state index contributed by atoms with van der Waals surface area (Å²) in [6, 6.07) is 27.5. The lowest BCUT2D eigenvalue weighted by atomic mass is 10.1. The van der Waals surface area contributed by atoms with Gasteiger partial charge in [0.05, 0.1) is 0 Å². The summed E-state index contributed by atoms with van der Waals surface area (Å²) in [6.07, 6.45) is 2.02. The van der Waals surface area contributed by atoms with Crippen molar-refractivity contribution in [2.75, 3.05) is 16.8 Å². The Morgan fingerprint density at radius 1 is 0.833 bits per heavy atom. The van der Waals surface area contributed by atoms with Gasteiger partial charge in [-0.05, 0) is 44.5 Å². The summed E-state index contributed by atoms with van der Waals surface area (Å²) in [5, 5.41) is 3.61. The van der Waals surface area contributed by atoms with E-state index in [1.165, 1.54) is 16.8 Å². The molecule has 1 saturated heterocycles. The Labute approximate surface area is 178 Å². The lowest BCUT2D eigenvalue weighted by molar-refractivity contribution is 0.601. The predicted octanol–water partition coefficient (Wildman–Crippen LogP) is 5.57. The molecular weight excluding hydrogens is 368 g/mol. The summed E-state index contributed by atoms with van der Waals surface area (Å²) in [7, 11) is 0. The van der Waals surface area contributed by atoms with Crippen LogP contribution in [0.3, 0.4) is 0 Å². The van der Waals surface area contributed by atoms with E-state index in [4.69, 9.17) is 9.98 Å². The molecule has 0 aromatic heterocycles. The molecule has 5 rings (SSSR count). The second-order valence-corrected chi connectivity index (χ2v) is 8.16. The number of hydrogen-bond donors (Lipinski definition) is 1. The standard InChI is InChI=1S/C26H26N4/c1-19-9-13-22(14-10-19)27-25-26(29-24(28-25)21-7-4-3-5-8-21)17-6-18-30(26)23-15-11-20(2)12-16-23/h3-5,7-16H,6,17-18H2,1-2H3,(H,27,28,29). The van der Waals surface area contributed by atoms with Gasteiger partial charge < -0.3 is 10.2 Å². The highest BCUT2D eigenvalue weighted by atomic mass is 15.4. The number of nitrogens with one attached hydrogen (secondary N) is 1. The second kappa shape index (κ2) is 7.45. The fraction of sp³-hybridized carbons (Fsp3) is 0.231. The van der Waals surface area contributed by atoms with Crippen LogP contribution in [0.4, 0.5) is 11.4 Å². The minimum Gasteiger partial charge on any atom is -0.341 e. The highest BCUT2D eigenvalue weighted by molar-refractivity contribution is 6.19. The van der Waals surface area contributed by atoms with Crippen LogP contribution in [0.2, 0.25) is 0 Å². The molecule has 0 bridgehead atoms. The maximum absolute atomic E-state index is 5.24. The van der Waals surface area contributed by atoms with Crippen LogP contribution in [0.25, 0.3) is 0 Å². The van der Waals surface area contributed by atoms with E-state index < -0.39 is 5.66 Å². The summed E-state index contributed by atoms with van der Waals surface area (Å²) in [5.41, 5.74) is 5.29. The third-order valence-corrected chi connectivity index (χ3v) is 5.93. The average Bonchev–Trinajstić information content (AvgIpc) is 3.36. The van der Waals surface area contributed by atoms with Crippen LogP contribution in [0.1, 0.15) is 29.5 Å². The molecule has 30 heavy (non-hydrogen) atoms. The largest absolute Gasteiger partial charge is 0.341 e. The maximum Gasteiger partial charge on any atom is 0.193 e. The van der Waals surface area contributed by atoms with Crippen molar-refractivity contribution >= 4 is 23.0 Å². The van der Waals surface area contributed by atoms with Crippen molar-refractivity contribution in [2.24, 2.45) is 9.98 Å². The quantitative estimate of drug-likeness (QED) is 0.631. The fourth-order valence-corrected chi connectivity index (χ4v) is 4.30. The first kappa shape index (κ1) is 18.6. The fourth-order valence-electron chi connectivity index (χ4n) is 4.30. The zero-order valence-corrected chi connectivity index (χ0v) is 17.5. The van der Waals surface area contributed by atoms with Crippen LogP contribution in [0.15, 0.2) is 88.8 Å². The van der Waals surface area contributed by atoms with E-state index in [9.17, 15) is 0 Å². The summed E-state index contributed by atoms with van der Waals surface area (Å²) in [4.78, 5) is 12.7. The third-order valence-electron chi connectivity index (χ3n) is 5.93. The van der Waals surface area contributed by atoms with Crippen LogP contribution in [-0.2, 0) is 0 Å². The molecule has 1 atom stereocenters. The van der Waals surface area contributed by atoms with Crippen molar-refractivity contribution in [2.45, 2.75) is 32.4 Å². The Bertz CT molecular complexity index is 1100. The molecule has 2 aliphatic heterocycles. The van der Waals surface area contributed by atoms with E-state index in [0.29, 0.717) is 0 Å². The van der Waals surface area contributed by atoms with Gasteiger partial charge in [-0.1, -0.05) is 65.7 Å². The Morgan fingerprint density at radius 2 is 1.50 bits per heavy atom. The molecule has 4 heteroatoms. The van der Waals surface area contributed by atoms with Gasteiger partial charge in [0.15, 0.2) is 17.3 Å². The molecular formula is C26H26N4. The number of rotatable bonds is 3. The molecule has 0 radical (unpaired) electrons. The van der Waals surface area contributed by atoms with Gasteiger partial charge in [-0.3, -0.25) is 0 Å². The van der Waals surface area contributed by atoms with Crippen LogP contribution in [-0.4, -0.2) is 23.9 Å². The molecule has 1 unspecified atom stereocenters. The van der Waals surface area contributed by atoms with E-state index in [-0.39, 0.29) is 0 Å². The number of benzene rings is 3. The van der Waals surface area contributed by atoms with E-state index in [0.717, 1.165) is 42.3 Å². The van der Waals surface area contributed by atoms with Gasteiger partial charge in [-0.25, -0.2) is 9.98 Å². The van der Waals surface area contributed by atoms with Crippen molar-refractivity contribution < 1.29 is 0 Å². The van der Waals surface area contributed by atoms with Gasteiger partial charge in [0, 0.05) is 29.9 Å². The Kier molecular flexibility index (Phi) is 4.62. The van der Waals surface area contributed by atoms with Crippen molar-refractivity contribution in [3.05, 3.63) is 95.6 Å². The minimum absolute atomic E-state index is 0.495. The normalized spacial score (nSPS) is 20.4. The Morgan fingerprint density at radius 3 is 2.20 bits per heavy atom. The highest BCUT2D eigenvalue weighted by Crippen LogP contribution is 2.40. The van der Waals surface area contributed by atoms with Gasteiger partial charge in [0.25, 0.3) is 0 Å². The Hall–Kier alpha value is -3.40. The molecule has 3 aromatic rings. The topological polar surface area (TPSA) is 40.0 Å². The zero-order valence-electron chi connectivity index (χ0n) is 17.5. The number of hydrogen-bond acceptors (Lipinski definition) is 4. The molecule has 3 aromatic carbocycles. The molecule has 1 fully saturated rings. The third kappa shape index (κ3) is 3.28. The minimum atomic E-state index is -0.495. The van der Waals surface area contributed by atoms with Crippen LogP contribution in [0.5, 0.6) is 0 Å². The SMILES string of the molecule is Cc1ccc(NC2=NC(c3ccccc3)=NC23CCCN3c2ccc(C)cc2)cc1. The van der Waals surface area contributed by atoms with Crippen molar-refractivity contribution in [3.63, 3.8) is 0 Å². The van der Waals surface area contributed by atoms with E-state index in [2.05, 4.69) is 84.7 Å². The molecule has 1 spiro atoms. The summed E-state index contributed by atoms with van der Waals surface area (Å²) in [6.45, 7) is 5.19. The molecule has 1 N–H and O–H groups in total. The van der Waals surface area contributed by atoms with E-state index >= 15 is 0 Å². The predicted molar refractivity (Wildman–Crippen MR) is 126 cm³/mol.